The number of benzene rings is 2. The number of halogens is 1. The monoisotopic (exact) mass is 618 g/mol. The van der Waals surface area contributed by atoms with Gasteiger partial charge in [-0.2, -0.15) is 4.68 Å². The molecule has 0 aliphatic carbocycles. The first-order valence-corrected chi connectivity index (χ1v) is 13.7. The van der Waals surface area contributed by atoms with Crippen LogP contribution in [0.25, 0.3) is 28.1 Å². The van der Waals surface area contributed by atoms with Crippen LogP contribution in [0.5, 0.6) is 0 Å². The number of hydroxylamine groups is 1. The summed E-state index contributed by atoms with van der Waals surface area (Å²) in [6.07, 6.45) is 4.67. The van der Waals surface area contributed by atoms with Crippen molar-refractivity contribution in [3.63, 3.8) is 0 Å². The number of ether oxygens (including phenoxy) is 1. The van der Waals surface area contributed by atoms with Crippen LogP contribution in [0.1, 0.15) is 34.3 Å². The quantitative estimate of drug-likeness (QED) is 0.126. The predicted octanol–water partition coefficient (Wildman–Crippen LogP) is 3.08. The van der Waals surface area contributed by atoms with Gasteiger partial charge < -0.3 is 19.4 Å². The largest absolute Gasteiger partial charge is 0.483 e. The van der Waals surface area contributed by atoms with E-state index in [1.807, 2.05) is 24.3 Å². The molecule has 5 aromatic rings. The van der Waals surface area contributed by atoms with E-state index in [0.29, 0.717) is 29.4 Å². The van der Waals surface area contributed by atoms with Gasteiger partial charge >= 0.3 is 0 Å². The molecule has 2 aromatic carbocycles. The highest BCUT2D eigenvalue weighted by Gasteiger charge is 2.28. The number of carbonyl (C=O) groups excluding carboxylic acids is 1. The van der Waals surface area contributed by atoms with Crippen LogP contribution in [0.3, 0.4) is 0 Å². The zero-order valence-corrected chi connectivity index (χ0v) is 24.1. The zero-order chi connectivity index (χ0) is 31.1. The fourth-order valence-corrected chi connectivity index (χ4v) is 5.15. The van der Waals surface area contributed by atoms with E-state index in [9.17, 15) is 9.59 Å². The second-order valence-corrected chi connectivity index (χ2v) is 9.99. The Morgan fingerprint density at radius 1 is 1.16 bits per heavy atom. The molecule has 1 amide bonds. The number of hydrogen-bond acceptors (Lipinski definition) is 9. The van der Waals surface area contributed by atoms with Crippen molar-refractivity contribution in [3.05, 3.63) is 99.6 Å². The molecule has 226 valence electrons. The molecule has 0 spiro atoms. The molecule has 1 aliphatic rings. The number of nitrogens with one attached hydrogen (secondary N) is 2. The SMILES string of the molecule is COCCONC(=O)c1ccc(-c2cnc([C@@H]3CCc4cc(-c5cc(Cl)ccc5-n5cnnn5)cc(=O)n43)[nH]2)cc1.O=CO. The lowest BCUT2D eigenvalue weighted by molar-refractivity contribution is -0.122. The number of carboxylic acid groups (broad SMARTS) is 1. The minimum absolute atomic E-state index is 0.135. The van der Waals surface area contributed by atoms with Gasteiger partial charge in [0.2, 0.25) is 0 Å². The normalized spacial score (nSPS) is 13.5. The molecule has 44 heavy (non-hydrogen) atoms. The average Bonchev–Trinajstić information content (AvgIpc) is 3.81. The predicted molar refractivity (Wildman–Crippen MR) is 158 cm³/mol. The molecule has 0 fully saturated rings. The van der Waals surface area contributed by atoms with Gasteiger partial charge in [0.15, 0.2) is 0 Å². The van der Waals surface area contributed by atoms with Gasteiger partial charge in [-0.25, -0.2) is 10.5 Å². The van der Waals surface area contributed by atoms with Crippen molar-refractivity contribution in [3.8, 4) is 28.1 Å². The van der Waals surface area contributed by atoms with Crippen molar-refractivity contribution in [1.82, 2.24) is 40.2 Å². The van der Waals surface area contributed by atoms with Crippen molar-refractivity contribution in [1.29, 1.82) is 0 Å². The molecule has 1 aliphatic heterocycles. The summed E-state index contributed by atoms with van der Waals surface area (Å²) in [5.41, 5.74) is 7.47. The Morgan fingerprint density at radius 2 is 1.95 bits per heavy atom. The molecule has 3 N–H and O–H groups in total. The van der Waals surface area contributed by atoms with Crippen LogP contribution < -0.4 is 11.0 Å². The lowest BCUT2D eigenvalue weighted by atomic mass is 10.0. The van der Waals surface area contributed by atoms with E-state index in [1.54, 1.807) is 52.9 Å². The Hall–Kier alpha value is -5.18. The van der Waals surface area contributed by atoms with Crippen molar-refractivity contribution >= 4 is 24.0 Å². The Labute approximate surface area is 255 Å². The first kappa shape index (κ1) is 30.3. The number of rotatable bonds is 9. The van der Waals surface area contributed by atoms with Crippen LogP contribution in [-0.4, -0.2) is 72.6 Å². The second-order valence-electron chi connectivity index (χ2n) is 9.55. The van der Waals surface area contributed by atoms with Gasteiger partial charge in [0.25, 0.3) is 17.9 Å². The molecule has 0 bridgehead atoms. The summed E-state index contributed by atoms with van der Waals surface area (Å²) in [6, 6.07) is 15.8. The van der Waals surface area contributed by atoms with Crippen molar-refractivity contribution < 1.29 is 24.3 Å². The number of aryl methyl sites for hydroxylation is 1. The second kappa shape index (κ2) is 13.9. The maximum absolute atomic E-state index is 13.4. The van der Waals surface area contributed by atoms with Crippen molar-refractivity contribution in [2.24, 2.45) is 0 Å². The summed E-state index contributed by atoms with van der Waals surface area (Å²) >= 11 is 6.31. The summed E-state index contributed by atoms with van der Waals surface area (Å²) in [4.78, 5) is 47.1. The number of methoxy groups -OCH3 is 1. The van der Waals surface area contributed by atoms with E-state index in [4.69, 9.17) is 31.1 Å². The lowest BCUT2D eigenvalue weighted by Crippen LogP contribution is -2.25. The van der Waals surface area contributed by atoms with Gasteiger partial charge in [0.05, 0.1) is 36.8 Å². The molecule has 0 unspecified atom stereocenters. The minimum Gasteiger partial charge on any atom is -0.483 e. The molecule has 1 atom stereocenters. The van der Waals surface area contributed by atoms with Gasteiger partial charge in [0.1, 0.15) is 12.2 Å². The average molecular weight is 619 g/mol. The van der Waals surface area contributed by atoms with Gasteiger partial charge in [-0.05, 0) is 70.8 Å². The summed E-state index contributed by atoms with van der Waals surface area (Å²) in [7, 11) is 1.56. The van der Waals surface area contributed by atoms with Crippen LogP contribution in [0.2, 0.25) is 5.02 Å². The Bertz CT molecular complexity index is 1800. The van der Waals surface area contributed by atoms with E-state index < -0.39 is 0 Å². The molecule has 0 saturated carbocycles. The highest BCUT2D eigenvalue weighted by Crippen LogP contribution is 2.34. The first-order chi connectivity index (χ1) is 21.4. The number of aromatic nitrogens is 7. The zero-order valence-electron chi connectivity index (χ0n) is 23.4. The molecular weight excluding hydrogens is 592 g/mol. The number of fused-ring (bicyclic) bond motifs is 1. The van der Waals surface area contributed by atoms with Crippen LogP contribution in [0, 0.1) is 0 Å². The maximum Gasteiger partial charge on any atom is 0.290 e. The molecule has 6 rings (SSSR count). The first-order valence-electron chi connectivity index (χ1n) is 13.4. The summed E-state index contributed by atoms with van der Waals surface area (Å²) in [6.45, 7) is 0.388. The van der Waals surface area contributed by atoms with Crippen molar-refractivity contribution in [2.75, 3.05) is 20.3 Å². The smallest absolute Gasteiger partial charge is 0.290 e. The fourth-order valence-electron chi connectivity index (χ4n) is 4.97. The Balaban J connectivity index is 0.00000123. The topological polar surface area (TPSA) is 179 Å². The summed E-state index contributed by atoms with van der Waals surface area (Å²) < 4.78 is 8.21. The third-order valence-electron chi connectivity index (χ3n) is 6.92. The molecule has 14 nitrogen and oxygen atoms in total. The Morgan fingerprint density at radius 3 is 2.68 bits per heavy atom. The number of carbonyl (C=O) groups is 2. The fraction of sp³-hybridized carbons (Fsp3) is 0.207. The summed E-state index contributed by atoms with van der Waals surface area (Å²) in [5, 5.41) is 18.9. The van der Waals surface area contributed by atoms with Crippen LogP contribution in [0.4, 0.5) is 0 Å². The van der Waals surface area contributed by atoms with Crippen molar-refractivity contribution in [2.45, 2.75) is 18.9 Å². The number of H-pyrrole nitrogens is 1. The third-order valence-corrected chi connectivity index (χ3v) is 7.16. The van der Waals surface area contributed by atoms with E-state index >= 15 is 0 Å². The van der Waals surface area contributed by atoms with Gasteiger partial charge in [-0.15, -0.1) is 5.10 Å². The van der Waals surface area contributed by atoms with Gasteiger partial charge in [0, 0.05) is 35.0 Å². The Kier molecular flexibility index (Phi) is 9.54. The summed E-state index contributed by atoms with van der Waals surface area (Å²) in [5.74, 6) is 0.348. The van der Waals surface area contributed by atoms with E-state index in [-0.39, 0.29) is 30.6 Å². The van der Waals surface area contributed by atoms with Crippen LogP contribution in [-0.2, 0) is 20.8 Å². The van der Waals surface area contributed by atoms with Gasteiger partial charge in [-0.3, -0.25) is 19.2 Å². The number of aromatic amines is 1. The molecular formula is C29H27ClN8O6. The molecule has 15 heteroatoms. The minimum atomic E-state index is -0.345. The number of nitrogens with zero attached hydrogens (tertiary/aromatic N) is 6. The van der Waals surface area contributed by atoms with E-state index in [1.165, 1.54) is 6.33 Å². The third kappa shape index (κ3) is 6.57. The lowest BCUT2D eigenvalue weighted by Gasteiger charge is -2.15. The number of tetrazole rings is 1. The van der Waals surface area contributed by atoms with E-state index in [0.717, 1.165) is 40.2 Å². The molecule has 4 heterocycles. The maximum atomic E-state index is 13.4. The van der Waals surface area contributed by atoms with Crippen LogP contribution >= 0.6 is 11.6 Å². The molecule has 0 radical (unpaired) electrons. The highest BCUT2D eigenvalue weighted by molar-refractivity contribution is 6.31. The molecule has 0 saturated heterocycles. The number of imidazole rings is 1. The number of pyridine rings is 1. The van der Waals surface area contributed by atoms with Crippen LogP contribution in [0.15, 0.2) is 71.9 Å². The number of hydrogen-bond donors (Lipinski definition) is 3. The number of amides is 1. The molecule has 3 aromatic heterocycles. The van der Waals surface area contributed by atoms with Gasteiger partial charge in [-0.1, -0.05) is 23.7 Å². The van der Waals surface area contributed by atoms with E-state index in [2.05, 4.69) is 31.0 Å². The highest BCUT2D eigenvalue weighted by atomic mass is 35.5. The standard InChI is InChI=1S/C28H25ClN8O4.CH2O2/c1-40-10-11-41-33-28(39)18-4-2-17(3-5-18)23-15-30-27(32-23)25-9-7-21-12-19(13-26(38)37(21)25)22-14-20(29)6-8-24(22)36-16-31-34-35-36;2-1-3/h2-6,8,12-16,25H,7,9-11H2,1H3,(H,30,32)(H,33,39);1H,(H,2,3)/t25-;/m0./s1.